The molecule has 0 fully saturated rings. The van der Waals surface area contributed by atoms with E-state index in [9.17, 15) is 13.2 Å². The normalized spacial score (nSPS) is 11.7. The molecule has 0 aliphatic rings. The number of hydrogen-bond donors (Lipinski definition) is 1. The molecule has 2 aromatic carbocycles. The summed E-state index contributed by atoms with van der Waals surface area (Å²) in [4.78, 5) is 13.7. The van der Waals surface area contributed by atoms with Crippen LogP contribution in [-0.2, 0) is 16.6 Å². The molecule has 0 amide bonds. The van der Waals surface area contributed by atoms with E-state index in [0.717, 1.165) is 28.0 Å². The standard InChI is InChI=1S/C24H21N3O3S2/c1-32(29,30)26-21-12-9-19(10-13-21)22(28)14-11-20-17-27(16-18-6-3-2-4-7-18)25-24(20)23-8-5-15-31-23/h2-15,17,26H,16H2,1H3. The first kappa shape index (κ1) is 21.7. The Hall–Kier alpha value is -3.49. The third-order valence-electron chi connectivity index (χ3n) is 4.62. The Morgan fingerprint density at radius 2 is 1.81 bits per heavy atom. The van der Waals surface area contributed by atoms with Gasteiger partial charge < -0.3 is 0 Å². The molecule has 162 valence electrons. The molecule has 1 N–H and O–H groups in total. The first-order chi connectivity index (χ1) is 15.4. The maximum atomic E-state index is 12.7. The average Bonchev–Trinajstić information content (AvgIpc) is 3.42. The number of benzene rings is 2. The van der Waals surface area contributed by atoms with Gasteiger partial charge in [0.05, 0.1) is 17.7 Å². The van der Waals surface area contributed by atoms with E-state index in [-0.39, 0.29) is 5.78 Å². The molecule has 4 rings (SSSR count). The first-order valence-electron chi connectivity index (χ1n) is 9.83. The Bertz CT molecular complexity index is 1340. The molecule has 4 aromatic rings. The number of anilines is 1. The van der Waals surface area contributed by atoms with E-state index in [1.165, 1.54) is 6.08 Å². The number of thiophene rings is 1. The van der Waals surface area contributed by atoms with Gasteiger partial charge in [-0.3, -0.25) is 14.2 Å². The highest BCUT2D eigenvalue weighted by Gasteiger charge is 2.12. The second-order valence-corrected chi connectivity index (χ2v) is 9.94. The van der Waals surface area contributed by atoms with Crippen LogP contribution in [0.2, 0.25) is 0 Å². The fraction of sp³-hybridized carbons (Fsp3) is 0.0833. The summed E-state index contributed by atoms with van der Waals surface area (Å²) in [7, 11) is -3.36. The number of nitrogens with one attached hydrogen (secondary N) is 1. The number of nitrogens with zero attached hydrogens (tertiary/aromatic N) is 2. The molecule has 6 nitrogen and oxygen atoms in total. The highest BCUT2D eigenvalue weighted by molar-refractivity contribution is 7.92. The fourth-order valence-electron chi connectivity index (χ4n) is 3.19. The number of carbonyl (C=O) groups is 1. The molecule has 0 saturated carbocycles. The van der Waals surface area contributed by atoms with Crippen LogP contribution in [-0.4, -0.2) is 30.2 Å². The van der Waals surface area contributed by atoms with Crippen LogP contribution in [0.4, 0.5) is 5.69 Å². The highest BCUT2D eigenvalue weighted by Crippen LogP contribution is 2.28. The van der Waals surface area contributed by atoms with Crippen molar-refractivity contribution in [2.45, 2.75) is 6.54 Å². The summed E-state index contributed by atoms with van der Waals surface area (Å²) in [5.41, 5.74) is 3.70. The summed E-state index contributed by atoms with van der Waals surface area (Å²) in [5, 5.41) is 6.74. The van der Waals surface area contributed by atoms with E-state index in [1.54, 1.807) is 41.7 Å². The van der Waals surface area contributed by atoms with Crippen molar-refractivity contribution in [3.63, 3.8) is 0 Å². The van der Waals surface area contributed by atoms with Gasteiger partial charge in [-0.25, -0.2) is 8.42 Å². The molecule has 0 radical (unpaired) electrons. The van der Waals surface area contributed by atoms with Gasteiger partial charge in [0.2, 0.25) is 10.0 Å². The van der Waals surface area contributed by atoms with E-state index in [4.69, 9.17) is 5.10 Å². The highest BCUT2D eigenvalue weighted by atomic mass is 32.2. The number of ketones is 1. The second-order valence-electron chi connectivity index (χ2n) is 7.24. The zero-order chi connectivity index (χ0) is 22.6. The van der Waals surface area contributed by atoms with Gasteiger partial charge in [0, 0.05) is 23.0 Å². The summed E-state index contributed by atoms with van der Waals surface area (Å²) in [5.74, 6) is -0.177. The molecule has 8 heteroatoms. The lowest BCUT2D eigenvalue weighted by Gasteiger charge is -2.03. The Morgan fingerprint density at radius 3 is 2.47 bits per heavy atom. The maximum absolute atomic E-state index is 12.7. The Kier molecular flexibility index (Phi) is 6.34. The Balaban J connectivity index is 1.56. The molecule has 0 aliphatic carbocycles. The quantitative estimate of drug-likeness (QED) is 0.297. The summed E-state index contributed by atoms with van der Waals surface area (Å²) in [6.45, 7) is 0.635. The monoisotopic (exact) mass is 463 g/mol. The van der Waals surface area contributed by atoms with Gasteiger partial charge in [0.15, 0.2) is 5.78 Å². The predicted octanol–water partition coefficient (Wildman–Crippen LogP) is 4.93. The SMILES string of the molecule is CS(=O)(=O)Nc1ccc(C(=O)C=Cc2cn(Cc3ccccc3)nc2-c2cccs2)cc1. The van der Waals surface area contributed by atoms with Crippen LogP contribution in [0.15, 0.2) is 84.4 Å². The number of rotatable bonds is 8. The van der Waals surface area contributed by atoms with Crippen molar-refractivity contribution >= 4 is 38.9 Å². The van der Waals surface area contributed by atoms with Gasteiger partial charge in [-0.15, -0.1) is 11.3 Å². The van der Waals surface area contributed by atoms with Crippen molar-refractivity contribution in [1.82, 2.24) is 9.78 Å². The van der Waals surface area contributed by atoms with Crippen molar-refractivity contribution in [2.24, 2.45) is 0 Å². The smallest absolute Gasteiger partial charge is 0.229 e. The van der Waals surface area contributed by atoms with Crippen molar-refractivity contribution in [2.75, 3.05) is 11.0 Å². The maximum Gasteiger partial charge on any atom is 0.229 e. The molecule has 2 heterocycles. The van der Waals surface area contributed by atoms with Crippen molar-refractivity contribution in [3.05, 3.63) is 101 Å². The van der Waals surface area contributed by atoms with E-state index in [0.29, 0.717) is 17.8 Å². The molecular formula is C24H21N3O3S2. The Morgan fingerprint density at radius 1 is 1.06 bits per heavy atom. The summed E-state index contributed by atoms with van der Waals surface area (Å²) in [6, 6.07) is 20.4. The molecule has 0 aliphatic heterocycles. The third-order valence-corrected chi connectivity index (χ3v) is 6.10. The molecule has 0 spiro atoms. The minimum Gasteiger partial charge on any atom is -0.289 e. The van der Waals surface area contributed by atoms with Gasteiger partial charge in [-0.1, -0.05) is 36.4 Å². The second kappa shape index (κ2) is 9.33. The lowest BCUT2D eigenvalue weighted by Crippen LogP contribution is -2.09. The molecule has 0 unspecified atom stereocenters. The lowest BCUT2D eigenvalue weighted by molar-refractivity contribution is 0.104. The van der Waals surface area contributed by atoms with Gasteiger partial charge in [-0.05, 0) is 53.4 Å². The van der Waals surface area contributed by atoms with Gasteiger partial charge in [0.25, 0.3) is 0 Å². The van der Waals surface area contributed by atoms with E-state index in [2.05, 4.69) is 4.72 Å². The molecule has 0 saturated heterocycles. The van der Waals surface area contributed by atoms with Crippen LogP contribution >= 0.6 is 11.3 Å². The van der Waals surface area contributed by atoms with Crippen molar-refractivity contribution < 1.29 is 13.2 Å². The summed E-state index contributed by atoms with van der Waals surface area (Å²) < 4.78 is 26.9. The van der Waals surface area contributed by atoms with E-state index < -0.39 is 10.0 Å². The third kappa shape index (κ3) is 5.60. The summed E-state index contributed by atoms with van der Waals surface area (Å²) in [6.07, 6.45) is 6.30. The van der Waals surface area contributed by atoms with Crippen LogP contribution in [0.5, 0.6) is 0 Å². The minimum absolute atomic E-state index is 0.177. The van der Waals surface area contributed by atoms with Crippen LogP contribution in [0.1, 0.15) is 21.5 Å². The summed E-state index contributed by atoms with van der Waals surface area (Å²) >= 11 is 1.60. The minimum atomic E-state index is -3.36. The van der Waals surface area contributed by atoms with Gasteiger partial charge >= 0.3 is 0 Å². The average molecular weight is 464 g/mol. The first-order valence-corrected chi connectivity index (χ1v) is 12.6. The molecule has 2 aromatic heterocycles. The lowest BCUT2D eigenvalue weighted by atomic mass is 10.1. The fourth-order valence-corrected chi connectivity index (χ4v) is 4.49. The molecule has 0 bridgehead atoms. The zero-order valence-electron chi connectivity index (χ0n) is 17.3. The van der Waals surface area contributed by atoms with E-state index >= 15 is 0 Å². The zero-order valence-corrected chi connectivity index (χ0v) is 18.9. The number of aromatic nitrogens is 2. The van der Waals surface area contributed by atoms with Gasteiger partial charge in [-0.2, -0.15) is 5.10 Å². The number of hydrogen-bond acceptors (Lipinski definition) is 5. The molecule has 0 atom stereocenters. The number of sulfonamides is 1. The topological polar surface area (TPSA) is 81.1 Å². The van der Waals surface area contributed by atoms with Crippen LogP contribution in [0, 0.1) is 0 Å². The molecule has 32 heavy (non-hydrogen) atoms. The van der Waals surface area contributed by atoms with Crippen LogP contribution in [0.25, 0.3) is 16.6 Å². The largest absolute Gasteiger partial charge is 0.289 e. The van der Waals surface area contributed by atoms with Crippen molar-refractivity contribution in [3.8, 4) is 10.6 Å². The van der Waals surface area contributed by atoms with Crippen LogP contribution in [0.3, 0.4) is 0 Å². The predicted molar refractivity (Wildman–Crippen MR) is 129 cm³/mol. The Labute approximate surface area is 190 Å². The van der Waals surface area contributed by atoms with Crippen LogP contribution < -0.4 is 4.72 Å². The molecular weight excluding hydrogens is 442 g/mol. The van der Waals surface area contributed by atoms with Gasteiger partial charge in [0.1, 0.15) is 5.69 Å². The number of allylic oxidation sites excluding steroid dienone is 1. The number of carbonyl (C=O) groups excluding carboxylic acids is 1. The van der Waals surface area contributed by atoms with Crippen molar-refractivity contribution in [1.29, 1.82) is 0 Å². The van der Waals surface area contributed by atoms with E-state index in [1.807, 2.05) is 58.7 Å².